The van der Waals surface area contributed by atoms with Crippen molar-refractivity contribution in [3.05, 3.63) is 45.0 Å². The van der Waals surface area contributed by atoms with Crippen molar-refractivity contribution >= 4 is 38.2 Å². The van der Waals surface area contributed by atoms with E-state index in [4.69, 9.17) is 4.74 Å². The number of aromatic nitrogens is 3. The van der Waals surface area contributed by atoms with Gasteiger partial charge in [0.05, 0.1) is 23.4 Å². The molecule has 30 heavy (non-hydrogen) atoms. The summed E-state index contributed by atoms with van der Waals surface area (Å²) in [4.78, 5) is 20.5. The number of aryl methyl sites for hydroxylation is 1. The van der Waals surface area contributed by atoms with E-state index in [0.29, 0.717) is 11.6 Å². The Morgan fingerprint density at radius 1 is 1.37 bits per heavy atom. The summed E-state index contributed by atoms with van der Waals surface area (Å²) in [6, 6.07) is 8.00. The number of carbonyl (C=O) groups excluding carboxylic acids is 1. The van der Waals surface area contributed by atoms with Crippen molar-refractivity contribution in [2.24, 2.45) is 5.92 Å². The molecule has 1 atom stereocenters. The number of fused-ring (bicyclic) bond motifs is 1. The van der Waals surface area contributed by atoms with Gasteiger partial charge in [-0.3, -0.25) is 9.69 Å². The van der Waals surface area contributed by atoms with E-state index in [2.05, 4.69) is 43.0 Å². The fourth-order valence-electron chi connectivity index (χ4n) is 3.98. The van der Waals surface area contributed by atoms with Crippen molar-refractivity contribution in [1.82, 2.24) is 19.5 Å². The van der Waals surface area contributed by atoms with Crippen LogP contribution in [0.2, 0.25) is 0 Å². The van der Waals surface area contributed by atoms with E-state index >= 15 is 0 Å². The number of piperidine rings is 1. The molecule has 1 N–H and O–H groups in total. The van der Waals surface area contributed by atoms with Gasteiger partial charge in [-0.1, -0.05) is 46.3 Å². The summed E-state index contributed by atoms with van der Waals surface area (Å²) in [6.07, 6.45) is 2.20. The molecule has 9 heteroatoms. The van der Waals surface area contributed by atoms with Crippen LogP contribution in [-0.2, 0) is 16.0 Å². The molecule has 0 spiro atoms. The Hall–Kier alpha value is -1.97. The maximum Gasteiger partial charge on any atom is 0.309 e. The number of aromatic hydroxyl groups is 1. The third-order valence-corrected chi connectivity index (χ3v) is 7.05. The van der Waals surface area contributed by atoms with E-state index < -0.39 is 0 Å². The fourth-order valence-corrected chi connectivity index (χ4v) is 5.53. The van der Waals surface area contributed by atoms with E-state index in [9.17, 15) is 9.90 Å². The third kappa shape index (κ3) is 4.10. The van der Waals surface area contributed by atoms with Gasteiger partial charge in [0, 0.05) is 10.9 Å². The molecule has 1 aromatic carbocycles. The summed E-state index contributed by atoms with van der Waals surface area (Å²) in [5, 5.41) is 15.4. The topological polar surface area (TPSA) is 80.0 Å². The van der Waals surface area contributed by atoms with Crippen LogP contribution >= 0.6 is 27.3 Å². The average Bonchev–Trinajstić information content (AvgIpc) is 3.28. The van der Waals surface area contributed by atoms with Gasteiger partial charge in [-0.2, -0.15) is 4.52 Å². The summed E-state index contributed by atoms with van der Waals surface area (Å²) >= 11 is 5.04. The number of esters is 1. The lowest BCUT2D eigenvalue weighted by Crippen LogP contribution is -2.39. The number of benzene rings is 1. The molecular weight excluding hydrogens is 468 g/mol. The Bertz CT molecular complexity index is 1040. The summed E-state index contributed by atoms with van der Waals surface area (Å²) in [6.45, 7) is 5.73. The van der Waals surface area contributed by atoms with Crippen LogP contribution in [0.3, 0.4) is 0 Å². The minimum absolute atomic E-state index is 0.0626. The van der Waals surface area contributed by atoms with Crippen LogP contribution in [0.25, 0.3) is 4.96 Å². The SMILES string of the molecule is CCOC(=O)C1CCN([C@H](c2cccc(Br)c2)c2sc3nc(CC)nn3c2O)CC1. The van der Waals surface area contributed by atoms with Gasteiger partial charge < -0.3 is 9.84 Å². The van der Waals surface area contributed by atoms with Crippen LogP contribution in [0, 0.1) is 5.92 Å². The standard InChI is InChI=1S/C21H25BrN4O3S/c1-3-16-23-21-26(24-16)19(27)18(30-21)17(14-6-5-7-15(22)12-14)25-10-8-13(9-11-25)20(28)29-4-2/h5-7,12-13,17,27H,3-4,8-11H2,1-2H3/t17-/m1/s1. The lowest BCUT2D eigenvalue weighted by Gasteiger charge is -2.36. The third-order valence-electron chi connectivity index (χ3n) is 5.49. The Labute approximate surface area is 187 Å². The van der Waals surface area contributed by atoms with Gasteiger partial charge in [0.15, 0.2) is 5.82 Å². The Morgan fingerprint density at radius 3 is 2.77 bits per heavy atom. The number of likely N-dealkylation sites (tertiary alicyclic amines) is 1. The molecule has 0 aliphatic carbocycles. The van der Waals surface area contributed by atoms with Crippen molar-refractivity contribution in [3.63, 3.8) is 0 Å². The zero-order chi connectivity index (χ0) is 21.3. The number of nitrogens with zero attached hydrogens (tertiary/aromatic N) is 4. The van der Waals surface area contributed by atoms with Crippen LogP contribution < -0.4 is 0 Å². The molecule has 0 radical (unpaired) electrons. The molecule has 3 heterocycles. The molecule has 1 saturated heterocycles. The summed E-state index contributed by atoms with van der Waals surface area (Å²) < 4.78 is 7.73. The molecule has 4 rings (SSSR count). The van der Waals surface area contributed by atoms with Crippen LogP contribution in [0.4, 0.5) is 0 Å². The molecule has 0 bridgehead atoms. The highest BCUT2D eigenvalue weighted by Crippen LogP contribution is 2.41. The second kappa shape index (κ2) is 9.03. The predicted molar refractivity (Wildman–Crippen MR) is 119 cm³/mol. The highest BCUT2D eigenvalue weighted by Gasteiger charge is 2.34. The molecule has 0 unspecified atom stereocenters. The molecule has 0 amide bonds. The molecule has 1 fully saturated rings. The second-order valence-electron chi connectivity index (χ2n) is 7.39. The van der Waals surface area contributed by atoms with Gasteiger partial charge in [-0.05, 0) is 50.6 Å². The van der Waals surface area contributed by atoms with Crippen molar-refractivity contribution in [2.75, 3.05) is 19.7 Å². The first-order valence-corrected chi connectivity index (χ1v) is 11.9. The minimum atomic E-state index is -0.135. The number of carbonyl (C=O) groups is 1. The van der Waals surface area contributed by atoms with Gasteiger partial charge in [-0.25, -0.2) is 4.98 Å². The first kappa shape index (κ1) is 21.3. The van der Waals surface area contributed by atoms with Gasteiger partial charge in [0.2, 0.25) is 10.8 Å². The molecule has 3 aromatic rings. The molecular formula is C21H25BrN4O3S. The lowest BCUT2D eigenvalue weighted by atomic mass is 9.93. The summed E-state index contributed by atoms with van der Waals surface area (Å²) in [5.41, 5.74) is 1.08. The average molecular weight is 493 g/mol. The fraction of sp³-hybridized carbons (Fsp3) is 0.476. The van der Waals surface area contributed by atoms with E-state index in [-0.39, 0.29) is 23.8 Å². The van der Waals surface area contributed by atoms with Crippen LogP contribution in [0.1, 0.15) is 49.0 Å². The van der Waals surface area contributed by atoms with Crippen LogP contribution in [0.15, 0.2) is 28.7 Å². The van der Waals surface area contributed by atoms with E-state index in [1.807, 2.05) is 26.0 Å². The zero-order valence-electron chi connectivity index (χ0n) is 17.0. The van der Waals surface area contributed by atoms with Crippen molar-refractivity contribution in [2.45, 2.75) is 39.2 Å². The Kier molecular flexibility index (Phi) is 6.40. The van der Waals surface area contributed by atoms with Crippen molar-refractivity contribution in [3.8, 4) is 5.88 Å². The number of ether oxygens (including phenoxy) is 1. The number of hydrogen-bond donors (Lipinski definition) is 1. The second-order valence-corrected chi connectivity index (χ2v) is 9.31. The molecule has 2 aromatic heterocycles. The van der Waals surface area contributed by atoms with Crippen LogP contribution in [-0.4, -0.2) is 50.3 Å². The molecule has 160 valence electrons. The number of halogens is 1. The zero-order valence-corrected chi connectivity index (χ0v) is 19.4. The lowest BCUT2D eigenvalue weighted by molar-refractivity contribution is -0.149. The first-order chi connectivity index (χ1) is 14.5. The van der Waals surface area contributed by atoms with Gasteiger partial charge in [0.25, 0.3) is 0 Å². The Balaban J connectivity index is 1.67. The van der Waals surface area contributed by atoms with Crippen molar-refractivity contribution in [1.29, 1.82) is 0 Å². The molecule has 0 saturated carbocycles. The Morgan fingerprint density at radius 2 is 2.13 bits per heavy atom. The maximum atomic E-state index is 12.2. The monoisotopic (exact) mass is 492 g/mol. The summed E-state index contributed by atoms with van der Waals surface area (Å²) in [5.74, 6) is 0.689. The maximum absolute atomic E-state index is 12.2. The van der Waals surface area contributed by atoms with E-state index in [1.165, 1.54) is 15.9 Å². The van der Waals surface area contributed by atoms with Gasteiger partial charge >= 0.3 is 5.97 Å². The van der Waals surface area contributed by atoms with E-state index in [0.717, 1.165) is 53.1 Å². The predicted octanol–water partition coefficient (Wildman–Crippen LogP) is 4.19. The number of thiazole rings is 1. The number of rotatable bonds is 6. The quantitative estimate of drug-likeness (QED) is 0.519. The molecule has 7 nitrogen and oxygen atoms in total. The van der Waals surface area contributed by atoms with Crippen molar-refractivity contribution < 1.29 is 14.6 Å². The molecule has 1 aliphatic heterocycles. The molecule has 1 aliphatic rings. The first-order valence-electron chi connectivity index (χ1n) is 10.2. The largest absolute Gasteiger partial charge is 0.492 e. The van der Waals surface area contributed by atoms with E-state index in [1.54, 1.807) is 0 Å². The minimum Gasteiger partial charge on any atom is -0.492 e. The number of hydrogen-bond acceptors (Lipinski definition) is 7. The van der Waals surface area contributed by atoms with Gasteiger partial charge in [0.1, 0.15) is 0 Å². The smallest absolute Gasteiger partial charge is 0.309 e. The van der Waals surface area contributed by atoms with Crippen LogP contribution in [0.5, 0.6) is 5.88 Å². The summed E-state index contributed by atoms with van der Waals surface area (Å²) in [7, 11) is 0. The normalized spacial score (nSPS) is 16.8. The van der Waals surface area contributed by atoms with Gasteiger partial charge in [-0.15, -0.1) is 5.10 Å². The highest BCUT2D eigenvalue weighted by molar-refractivity contribution is 9.10. The highest BCUT2D eigenvalue weighted by atomic mass is 79.9.